The van der Waals surface area contributed by atoms with Crippen LogP contribution in [-0.2, 0) is 19.0 Å². The molecule has 10 atom stereocenters. The average molecular weight is 381 g/mol. The van der Waals surface area contributed by atoms with E-state index in [9.17, 15) is 35.4 Å². The van der Waals surface area contributed by atoms with Crippen LogP contribution in [0, 0.1) is 0 Å². The Hall–Kier alpha value is -0.890. The summed E-state index contributed by atoms with van der Waals surface area (Å²) in [6, 6.07) is -1.18. The molecule has 2 rings (SSSR count). The van der Waals surface area contributed by atoms with E-state index in [1.54, 1.807) is 6.92 Å². The third-order valence-corrected chi connectivity index (χ3v) is 4.64. The van der Waals surface area contributed by atoms with Gasteiger partial charge in [-0.15, -0.1) is 0 Å². The molecule has 2 heterocycles. The molecule has 2 fully saturated rings. The van der Waals surface area contributed by atoms with Crippen molar-refractivity contribution in [2.75, 3.05) is 13.2 Å². The van der Waals surface area contributed by atoms with Crippen molar-refractivity contribution in [3.8, 4) is 0 Å². The Bertz CT molecular complexity index is 479. The van der Waals surface area contributed by atoms with Gasteiger partial charge in [-0.2, -0.15) is 0 Å². The van der Waals surface area contributed by atoms with Crippen LogP contribution < -0.4 is 5.32 Å². The minimum absolute atomic E-state index is 0.499. The zero-order valence-electron chi connectivity index (χ0n) is 14.5. The molecule has 0 aromatic rings. The van der Waals surface area contributed by atoms with Crippen LogP contribution >= 0.6 is 0 Å². The first-order valence-electron chi connectivity index (χ1n) is 8.38. The number of amides is 1. The van der Waals surface area contributed by atoms with Gasteiger partial charge in [0.15, 0.2) is 6.29 Å². The van der Waals surface area contributed by atoms with Crippen molar-refractivity contribution in [2.45, 2.75) is 75.0 Å². The van der Waals surface area contributed by atoms with Crippen molar-refractivity contribution in [3.63, 3.8) is 0 Å². The molecule has 7 N–H and O–H groups in total. The predicted molar refractivity (Wildman–Crippen MR) is 83.7 cm³/mol. The van der Waals surface area contributed by atoms with Crippen LogP contribution in [0.3, 0.4) is 0 Å². The van der Waals surface area contributed by atoms with Gasteiger partial charge in [0.05, 0.1) is 19.3 Å². The van der Waals surface area contributed by atoms with Gasteiger partial charge in [0, 0.05) is 6.92 Å². The number of nitrogens with one attached hydrogen (secondary N) is 1. The summed E-state index contributed by atoms with van der Waals surface area (Å²) in [5.41, 5.74) is 0. The number of rotatable bonds is 5. The van der Waals surface area contributed by atoms with Crippen molar-refractivity contribution in [2.24, 2.45) is 0 Å². The molecule has 0 saturated carbocycles. The zero-order valence-corrected chi connectivity index (χ0v) is 14.5. The molecule has 0 aliphatic carbocycles. The third-order valence-electron chi connectivity index (χ3n) is 4.64. The van der Waals surface area contributed by atoms with Crippen LogP contribution in [0.4, 0.5) is 0 Å². The Morgan fingerprint density at radius 2 is 1.50 bits per heavy atom. The van der Waals surface area contributed by atoms with E-state index in [2.05, 4.69) is 5.32 Å². The fraction of sp³-hybridized carbons (Fsp3) is 0.933. The zero-order chi connectivity index (χ0) is 19.6. The van der Waals surface area contributed by atoms with Crippen LogP contribution in [0.15, 0.2) is 0 Å². The molecule has 2 saturated heterocycles. The lowest BCUT2D eigenvalue weighted by Crippen LogP contribution is -2.67. The van der Waals surface area contributed by atoms with Crippen LogP contribution in [0.1, 0.15) is 13.8 Å². The van der Waals surface area contributed by atoms with E-state index in [1.807, 2.05) is 0 Å². The molecule has 1 amide bonds. The maximum Gasteiger partial charge on any atom is 0.217 e. The number of carbonyl (C=O) groups excluding carboxylic acids is 1. The quantitative estimate of drug-likeness (QED) is 0.247. The van der Waals surface area contributed by atoms with Gasteiger partial charge in [-0.25, -0.2) is 0 Å². The highest BCUT2D eigenvalue weighted by Crippen LogP contribution is 2.29. The van der Waals surface area contributed by atoms with E-state index in [0.29, 0.717) is 0 Å². The van der Waals surface area contributed by atoms with Gasteiger partial charge in [-0.3, -0.25) is 4.79 Å². The molecular formula is C15H27NO10. The first-order chi connectivity index (χ1) is 12.2. The van der Waals surface area contributed by atoms with E-state index in [1.165, 1.54) is 6.92 Å². The lowest BCUT2D eigenvalue weighted by molar-refractivity contribution is -0.320. The van der Waals surface area contributed by atoms with Crippen molar-refractivity contribution in [1.29, 1.82) is 0 Å². The standard InChI is InChI=1S/C15H27NO10/c1-5-14(13(23)11(21)7(3-17)24-5)26-15-9(16-6(2)19)12(22)10(20)8(4-18)25-15/h5,7-15,17-18,20-23H,3-4H2,1-2H3,(H,16,19)/t5-,7?,8?,9-,10+,11-,12-,13-,14-,15?/m0/s1. The van der Waals surface area contributed by atoms with Crippen molar-refractivity contribution in [3.05, 3.63) is 0 Å². The van der Waals surface area contributed by atoms with Gasteiger partial charge in [-0.1, -0.05) is 0 Å². The molecule has 0 radical (unpaired) electrons. The molecule has 0 bridgehead atoms. The summed E-state index contributed by atoms with van der Waals surface area (Å²) in [6.07, 6.45) is -11.2. The van der Waals surface area contributed by atoms with E-state index in [-0.39, 0.29) is 0 Å². The summed E-state index contributed by atoms with van der Waals surface area (Å²) in [5.74, 6) is -0.519. The second-order valence-corrected chi connectivity index (χ2v) is 6.58. The highest BCUT2D eigenvalue weighted by Gasteiger charge is 2.50. The van der Waals surface area contributed by atoms with Crippen molar-refractivity contribution < 1.29 is 49.6 Å². The van der Waals surface area contributed by atoms with E-state index >= 15 is 0 Å². The highest BCUT2D eigenvalue weighted by atomic mass is 16.7. The molecule has 11 nitrogen and oxygen atoms in total. The molecule has 3 unspecified atom stereocenters. The highest BCUT2D eigenvalue weighted by molar-refractivity contribution is 5.73. The molecule has 0 spiro atoms. The van der Waals surface area contributed by atoms with Crippen LogP contribution in [0.25, 0.3) is 0 Å². The Kier molecular flexibility index (Phi) is 7.30. The van der Waals surface area contributed by atoms with Crippen molar-refractivity contribution >= 4 is 5.91 Å². The Balaban J connectivity index is 2.18. The summed E-state index contributed by atoms with van der Waals surface area (Å²) < 4.78 is 16.5. The fourth-order valence-corrected chi connectivity index (χ4v) is 3.21. The number of ether oxygens (including phenoxy) is 3. The lowest BCUT2D eigenvalue weighted by atomic mass is 9.94. The van der Waals surface area contributed by atoms with Crippen LogP contribution in [-0.4, -0.2) is 111 Å². The van der Waals surface area contributed by atoms with Gasteiger partial charge >= 0.3 is 0 Å². The fourth-order valence-electron chi connectivity index (χ4n) is 3.21. The smallest absolute Gasteiger partial charge is 0.217 e. The summed E-state index contributed by atoms with van der Waals surface area (Å²) >= 11 is 0. The molecule has 0 aromatic heterocycles. The molecular weight excluding hydrogens is 354 g/mol. The van der Waals surface area contributed by atoms with Gasteiger partial charge < -0.3 is 50.2 Å². The van der Waals surface area contributed by atoms with Gasteiger partial charge in [0.25, 0.3) is 0 Å². The monoisotopic (exact) mass is 381 g/mol. The second-order valence-electron chi connectivity index (χ2n) is 6.58. The molecule has 2 aliphatic heterocycles. The maximum atomic E-state index is 11.4. The Labute approximate surface area is 150 Å². The first-order valence-corrected chi connectivity index (χ1v) is 8.38. The first kappa shape index (κ1) is 21.4. The van der Waals surface area contributed by atoms with E-state index in [0.717, 1.165) is 0 Å². The summed E-state index contributed by atoms with van der Waals surface area (Å²) in [7, 11) is 0. The molecule has 152 valence electrons. The minimum Gasteiger partial charge on any atom is -0.394 e. The van der Waals surface area contributed by atoms with Crippen LogP contribution in [0.5, 0.6) is 0 Å². The second kappa shape index (κ2) is 8.87. The normalized spacial score (nSPS) is 46.8. The number of aliphatic hydroxyl groups excluding tert-OH is 6. The molecule has 11 heteroatoms. The minimum atomic E-state index is -1.50. The molecule has 0 aromatic carbocycles. The van der Waals surface area contributed by atoms with Gasteiger partial charge in [0.2, 0.25) is 5.91 Å². The third kappa shape index (κ3) is 4.32. The molecule has 26 heavy (non-hydrogen) atoms. The average Bonchev–Trinajstić information content (AvgIpc) is 2.60. The summed E-state index contributed by atoms with van der Waals surface area (Å²) in [4.78, 5) is 11.4. The Morgan fingerprint density at radius 3 is 2.04 bits per heavy atom. The topological polar surface area (TPSA) is 178 Å². The van der Waals surface area contributed by atoms with Gasteiger partial charge in [0.1, 0.15) is 48.8 Å². The SMILES string of the molecule is CC(=O)N[C@@H]1C(O[C@@H]2[C@@H](O)[C@@H](O)C(CO)O[C@H]2C)OC(CO)[C@@H](O)[C@H]1O. The maximum absolute atomic E-state index is 11.4. The largest absolute Gasteiger partial charge is 0.394 e. The Morgan fingerprint density at radius 1 is 0.962 bits per heavy atom. The molecule has 2 aliphatic rings. The number of hydrogen-bond acceptors (Lipinski definition) is 10. The van der Waals surface area contributed by atoms with E-state index in [4.69, 9.17) is 14.2 Å². The summed E-state index contributed by atoms with van der Waals surface area (Å²) in [5, 5.41) is 61.4. The number of carbonyl (C=O) groups is 1. The van der Waals surface area contributed by atoms with Crippen LogP contribution in [0.2, 0.25) is 0 Å². The van der Waals surface area contributed by atoms with Crippen molar-refractivity contribution in [1.82, 2.24) is 5.32 Å². The predicted octanol–water partition coefficient (Wildman–Crippen LogP) is -4.18. The number of hydrogen-bond donors (Lipinski definition) is 7. The van der Waals surface area contributed by atoms with E-state index < -0.39 is 80.3 Å². The summed E-state index contributed by atoms with van der Waals surface area (Å²) in [6.45, 7) is 1.64. The number of aliphatic hydroxyl groups is 6. The lowest BCUT2D eigenvalue weighted by Gasteiger charge is -2.46. The van der Waals surface area contributed by atoms with Gasteiger partial charge in [-0.05, 0) is 6.92 Å².